The maximum atomic E-state index is 13.2. The third-order valence-electron chi connectivity index (χ3n) is 3.37. The smallest absolute Gasteiger partial charge is 0.220 e. The molecule has 104 valence electrons. The number of fused-ring (bicyclic) bond motifs is 1. The van der Waals surface area contributed by atoms with Crippen molar-refractivity contribution in [3.05, 3.63) is 40.8 Å². The molecule has 0 saturated heterocycles. The number of nitrogens with zero attached hydrogens (tertiary/aromatic N) is 1. The molecule has 3 nitrogen and oxygen atoms in total. The van der Waals surface area contributed by atoms with Gasteiger partial charge in [-0.05, 0) is 49.1 Å². The largest absolute Gasteiger partial charge is 0.353 e. The lowest BCUT2D eigenvalue weighted by Gasteiger charge is -2.07. The summed E-state index contributed by atoms with van der Waals surface area (Å²) in [4.78, 5) is 15.9. The van der Waals surface area contributed by atoms with Crippen LogP contribution in [0.15, 0.2) is 24.3 Å². The van der Waals surface area contributed by atoms with E-state index in [4.69, 9.17) is 11.6 Å². The van der Waals surface area contributed by atoms with E-state index in [1.54, 1.807) is 12.1 Å². The van der Waals surface area contributed by atoms with Gasteiger partial charge in [0, 0.05) is 17.8 Å². The van der Waals surface area contributed by atoms with E-state index in [-0.39, 0.29) is 11.7 Å². The number of aryl methyl sites for hydroxylation is 1. The molecule has 1 fully saturated rings. The second-order valence-electron chi connectivity index (χ2n) is 5.12. The molecule has 1 heterocycles. The number of halogens is 2. The third kappa shape index (κ3) is 3.07. The second-order valence-corrected chi connectivity index (χ2v) is 5.48. The van der Waals surface area contributed by atoms with E-state index in [2.05, 4.69) is 10.3 Å². The predicted molar refractivity (Wildman–Crippen MR) is 76.2 cm³/mol. The fourth-order valence-electron chi connectivity index (χ4n) is 2.12. The van der Waals surface area contributed by atoms with Crippen LogP contribution in [0.25, 0.3) is 10.9 Å². The number of hydrogen-bond acceptors (Lipinski definition) is 2. The van der Waals surface area contributed by atoms with Gasteiger partial charge in [-0.15, -0.1) is 0 Å². The highest BCUT2D eigenvalue weighted by molar-refractivity contribution is 6.30. The summed E-state index contributed by atoms with van der Waals surface area (Å²) in [5.74, 6) is -0.276. The van der Waals surface area contributed by atoms with E-state index >= 15 is 0 Å². The number of amides is 1. The molecule has 1 saturated carbocycles. The summed E-state index contributed by atoms with van der Waals surface area (Å²) in [6, 6.07) is 6.54. The van der Waals surface area contributed by atoms with E-state index in [0.29, 0.717) is 34.9 Å². The van der Waals surface area contributed by atoms with Gasteiger partial charge in [-0.25, -0.2) is 9.37 Å². The topological polar surface area (TPSA) is 42.0 Å². The number of carbonyl (C=O) groups excluding carboxylic acids is 1. The zero-order valence-corrected chi connectivity index (χ0v) is 11.6. The molecule has 1 N–H and O–H groups in total. The first-order valence-electron chi connectivity index (χ1n) is 6.66. The van der Waals surface area contributed by atoms with Gasteiger partial charge in [0.25, 0.3) is 0 Å². The molecule has 1 aliphatic rings. The Morgan fingerprint density at radius 3 is 2.95 bits per heavy atom. The number of carbonyl (C=O) groups is 1. The molecule has 0 unspecified atom stereocenters. The number of benzene rings is 1. The van der Waals surface area contributed by atoms with E-state index in [1.807, 2.05) is 0 Å². The van der Waals surface area contributed by atoms with Crippen LogP contribution in [-0.4, -0.2) is 16.9 Å². The Hall–Kier alpha value is -1.68. The number of rotatable bonds is 4. The third-order valence-corrected chi connectivity index (χ3v) is 3.69. The summed E-state index contributed by atoms with van der Waals surface area (Å²) >= 11 is 6.11. The van der Waals surface area contributed by atoms with Gasteiger partial charge in [-0.2, -0.15) is 0 Å². The fraction of sp³-hybridized carbons (Fsp3) is 0.333. The molecular weight excluding hydrogens is 279 g/mol. The summed E-state index contributed by atoms with van der Waals surface area (Å²) < 4.78 is 13.2. The summed E-state index contributed by atoms with van der Waals surface area (Å²) in [6.07, 6.45) is 3.03. The highest BCUT2D eigenvalue weighted by Gasteiger charge is 2.23. The average Bonchev–Trinajstić information content (AvgIpc) is 3.20. The predicted octanol–water partition coefficient (Wildman–Crippen LogP) is 3.24. The summed E-state index contributed by atoms with van der Waals surface area (Å²) in [6.45, 7) is 0. The molecule has 3 rings (SSSR count). The van der Waals surface area contributed by atoms with Crippen molar-refractivity contribution in [2.75, 3.05) is 0 Å². The van der Waals surface area contributed by atoms with Gasteiger partial charge in [0.15, 0.2) is 0 Å². The van der Waals surface area contributed by atoms with Crippen molar-refractivity contribution in [1.82, 2.24) is 10.3 Å². The first-order chi connectivity index (χ1) is 9.61. The molecule has 0 atom stereocenters. The zero-order chi connectivity index (χ0) is 14.1. The summed E-state index contributed by atoms with van der Waals surface area (Å²) in [7, 11) is 0. The second kappa shape index (κ2) is 5.37. The Bertz CT molecular complexity index is 670. The standard InChI is InChI=1S/C15H14ClFN2O/c16-15-9(1-6-14(20)18-12-3-4-12)7-10-8-11(17)2-5-13(10)19-15/h2,5,7-8,12H,1,3-4,6H2,(H,18,20). The fourth-order valence-corrected chi connectivity index (χ4v) is 2.36. The SMILES string of the molecule is O=C(CCc1cc2cc(F)ccc2nc1Cl)NC1CC1. The number of nitrogens with one attached hydrogen (secondary N) is 1. The van der Waals surface area contributed by atoms with Crippen molar-refractivity contribution in [3.63, 3.8) is 0 Å². The Morgan fingerprint density at radius 2 is 2.20 bits per heavy atom. The Balaban J connectivity index is 1.75. The molecule has 0 spiro atoms. The van der Waals surface area contributed by atoms with Gasteiger partial charge in [-0.1, -0.05) is 11.6 Å². The maximum Gasteiger partial charge on any atom is 0.220 e. The lowest BCUT2D eigenvalue weighted by molar-refractivity contribution is -0.121. The molecule has 0 aliphatic heterocycles. The van der Waals surface area contributed by atoms with E-state index < -0.39 is 0 Å². The van der Waals surface area contributed by atoms with E-state index in [1.165, 1.54) is 12.1 Å². The van der Waals surface area contributed by atoms with Crippen LogP contribution in [0, 0.1) is 5.82 Å². The molecule has 1 aromatic carbocycles. The summed E-state index contributed by atoms with van der Waals surface area (Å²) in [5, 5.41) is 4.01. The van der Waals surface area contributed by atoms with Crippen LogP contribution in [0.2, 0.25) is 5.15 Å². The van der Waals surface area contributed by atoms with Crippen LogP contribution in [0.5, 0.6) is 0 Å². The zero-order valence-electron chi connectivity index (χ0n) is 10.8. The molecular formula is C15H14ClFN2O. The lowest BCUT2D eigenvalue weighted by atomic mass is 10.1. The van der Waals surface area contributed by atoms with Crippen molar-refractivity contribution >= 4 is 28.4 Å². The van der Waals surface area contributed by atoms with Crippen molar-refractivity contribution in [3.8, 4) is 0 Å². The van der Waals surface area contributed by atoms with E-state index in [9.17, 15) is 9.18 Å². The first kappa shape index (κ1) is 13.3. The van der Waals surface area contributed by atoms with E-state index in [0.717, 1.165) is 18.4 Å². The molecule has 2 aromatic rings. The van der Waals surface area contributed by atoms with Crippen molar-refractivity contribution in [1.29, 1.82) is 0 Å². The Morgan fingerprint density at radius 1 is 1.40 bits per heavy atom. The van der Waals surface area contributed by atoms with Crippen LogP contribution in [-0.2, 0) is 11.2 Å². The quantitative estimate of drug-likeness (QED) is 0.879. The lowest BCUT2D eigenvalue weighted by Crippen LogP contribution is -2.25. The molecule has 0 radical (unpaired) electrons. The molecule has 1 amide bonds. The van der Waals surface area contributed by atoms with Gasteiger partial charge in [0.05, 0.1) is 5.52 Å². The highest BCUT2D eigenvalue weighted by Crippen LogP contribution is 2.23. The van der Waals surface area contributed by atoms with Gasteiger partial charge in [-0.3, -0.25) is 4.79 Å². The number of hydrogen-bond donors (Lipinski definition) is 1. The number of pyridine rings is 1. The van der Waals surface area contributed by atoms with Crippen LogP contribution in [0.3, 0.4) is 0 Å². The average molecular weight is 293 g/mol. The Kier molecular flexibility index (Phi) is 3.57. The molecule has 5 heteroatoms. The van der Waals surface area contributed by atoms with Crippen molar-refractivity contribution < 1.29 is 9.18 Å². The van der Waals surface area contributed by atoms with Gasteiger partial charge >= 0.3 is 0 Å². The summed E-state index contributed by atoms with van der Waals surface area (Å²) in [5.41, 5.74) is 1.43. The normalized spacial score (nSPS) is 14.5. The monoisotopic (exact) mass is 292 g/mol. The van der Waals surface area contributed by atoms with Crippen LogP contribution in [0.4, 0.5) is 4.39 Å². The molecule has 1 aliphatic carbocycles. The molecule has 1 aromatic heterocycles. The maximum absolute atomic E-state index is 13.2. The van der Waals surface area contributed by atoms with Crippen molar-refractivity contribution in [2.24, 2.45) is 0 Å². The van der Waals surface area contributed by atoms with Gasteiger partial charge < -0.3 is 5.32 Å². The minimum atomic E-state index is -0.306. The minimum Gasteiger partial charge on any atom is -0.353 e. The first-order valence-corrected chi connectivity index (χ1v) is 7.03. The van der Waals surface area contributed by atoms with Crippen molar-refractivity contribution in [2.45, 2.75) is 31.7 Å². The van der Waals surface area contributed by atoms with Crippen LogP contribution in [0.1, 0.15) is 24.8 Å². The minimum absolute atomic E-state index is 0.0305. The number of aromatic nitrogens is 1. The van der Waals surface area contributed by atoms with Crippen LogP contribution >= 0.6 is 11.6 Å². The molecule has 20 heavy (non-hydrogen) atoms. The Labute approximate surface area is 121 Å². The molecule has 0 bridgehead atoms. The van der Waals surface area contributed by atoms with Gasteiger partial charge in [0.2, 0.25) is 5.91 Å². The van der Waals surface area contributed by atoms with Gasteiger partial charge in [0.1, 0.15) is 11.0 Å². The van der Waals surface area contributed by atoms with Crippen LogP contribution < -0.4 is 5.32 Å². The highest BCUT2D eigenvalue weighted by atomic mass is 35.5.